The van der Waals surface area contributed by atoms with E-state index in [-0.39, 0.29) is 5.75 Å². The van der Waals surface area contributed by atoms with Crippen molar-refractivity contribution in [3.05, 3.63) is 52.3 Å². The Labute approximate surface area is 136 Å². The van der Waals surface area contributed by atoms with E-state index in [1.54, 1.807) is 12.1 Å². The zero-order valence-electron chi connectivity index (χ0n) is 11.5. The van der Waals surface area contributed by atoms with Gasteiger partial charge in [-0.2, -0.15) is 0 Å². The van der Waals surface area contributed by atoms with E-state index in [1.165, 1.54) is 13.2 Å². The maximum Gasteiger partial charge on any atom is 0.175 e. The highest BCUT2D eigenvalue weighted by Gasteiger charge is 2.06. The molecule has 6 heteroatoms. The normalized spacial score (nSPS) is 10.1. The molecule has 110 valence electrons. The van der Waals surface area contributed by atoms with E-state index in [0.717, 1.165) is 15.7 Å². The van der Waals surface area contributed by atoms with Crippen LogP contribution >= 0.6 is 28.1 Å². The number of hydrogen-bond donors (Lipinski definition) is 2. The molecule has 0 aliphatic heterocycles. The number of hydrogen-bond acceptors (Lipinski definition) is 2. The average Bonchev–Trinajstić information content (AvgIpc) is 2.42. The molecule has 0 saturated heterocycles. The second-order valence-electron chi connectivity index (χ2n) is 4.41. The molecule has 0 aromatic heterocycles. The molecule has 2 N–H and O–H groups in total. The third kappa shape index (κ3) is 4.15. The van der Waals surface area contributed by atoms with E-state index in [4.69, 9.17) is 17.0 Å². The van der Waals surface area contributed by atoms with E-state index in [0.29, 0.717) is 10.8 Å². The van der Waals surface area contributed by atoms with Gasteiger partial charge in [0, 0.05) is 16.2 Å². The van der Waals surface area contributed by atoms with Crippen LogP contribution in [-0.2, 0) is 0 Å². The third-order valence-corrected chi connectivity index (χ3v) is 3.64. The predicted molar refractivity (Wildman–Crippen MR) is 91.7 cm³/mol. The summed E-state index contributed by atoms with van der Waals surface area (Å²) in [4.78, 5) is 0. The molecular formula is C15H14BrFN2OS. The standard InChI is InChI=1S/C15H14BrFN2OS/c1-9-3-5-13(11(16)7-9)19-15(21)18-10-4-6-14(20-2)12(17)8-10/h3-8H,1-2H3,(H2,18,19,21). The molecule has 0 bridgehead atoms. The van der Waals surface area contributed by atoms with Crippen LogP contribution in [0.25, 0.3) is 0 Å². The van der Waals surface area contributed by atoms with Crippen LogP contribution in [0.15, 0.2) is 40.9 Å². The SMILES string of the molecule is COc1ccc(NC(=S)Nc2ccc(C)cc2Br)cc1F. The Kier molecular flexibility index (Phi) is 5.14. The molecule has 2 rings (SSSR count). The topological polar surface area (TPSA) is 33.3 Å². The van der Waals surface area contributed by atoms with Gasteiger partial charge in [-0.1, -0.05) is 6.07 Å². The molecule has 0 radical (unpaired) electrons. The summed E-state index contributed by atoms with van der Waals surface area (Å²) in [6.45, 7) is 2.01. The number of benzene rings is 2. The van der Waals surface area contributed by atoms with Crippen molar-refractivity contribution >= 4 is 44.6 Å². The van der Waals surface area contributed by atoms with Crippen molar-refractivity contribution < 1.29 is 9.13 Å². The second-order valence-corrected chi connectivity index (χ2v) is 5.67. The lowest BCUT2D eigenvalue weighted by molar-refractivity contribution is 0.387. The molecule has 0 amide bonds. The van der Waals surface area contributed by atoms with Crippen molar-refractivity contribution in [2.24, 2.45) is 0 Å². The maximum atomic E-state index is 13.6. The molecular weight excluding hydrogens is 355 g/mol. The molecule has 0 atom stereocenters. The maximum absolute atomic E-state index is 13.6. The highest BCUT2D eigenvalue weighted by Crippen LogP contribution is 2.24. The van der Waals surface area contributed by atoms with Gasteiger partial charge in [-0.15, -0.1) is 0 Å². The minimum atomic E-state index is -0.443. The van der Waals surface area contributed by atoms with Gasteiger partial charge in [-0.3, -0.25) is 0 Å². The zero-order chi connectivity index (χ0) is 15.4. The lowest BCUT2D eigenvalue weighted by atomic mass is 10.2. The van der Waals surface area contributed by atoms with Gasteiger partial charge in [-0.05, 0) is 64.9 Å². The van der Waals surface area contributed by atoms with Crippen LogP contribution in [0, 0.1) is 12.7 Å². The molecule has 0 saturated carbocycles. The van der Waals surface area contributed by atoms with Gasteiger partial charge in [-0.25, -0.2) is 4.39 Å². The Hall–Kier alpha value is -1.66. The molecule has 2 aromatic carbocycles. The smallest absolute Gasteiger partial charge is 0.175 e. The number of rotatable bonds is 3. The van der Waals surface area contributed by atoms with Crippen LogP contribution < -0.4 is 15.4 Å². The van der Waals surface area contributed by atoms with Gasteiger partial charge in [0.15, 0.2) is 16.7 Å². The number of thiocarbonyl (C=S) groups is 1. The van der Waals surface area contributed by atoms with Gasteiger partial charge in [0.2, 0.25) is 0 Å². The van der Waals surface area contributed by atoms with E-state index >= 15 is 0 Å². The van der Waals surface area contributed by atoms with Crippen molar-refractivity contribution in [3.8, 4) is 5.75 Å². The van der Waals surface area contributed by atoms with Crippen molar-refractivity contribution in [1.29, 1.82) is 0 Å². The monoisotopic (exact) mass is 368 g/mol. The number of halogens is 2. The quantitative estimate of drug-likeness (QED) is 0.768. The Balaban J connectivity index is 2.06. The van der Waals surface area contributed by atoms with Crippen LogP contribution in [0.5, 0.6) is 5.75 Å². The van der Waals surface area contributed by atoms with Gasteiger partial charge in [0.25, 0.3) is 0 Å². The summed E-state index contributed by atoms with van der Waals surface area (Å²) < 4.78 is 19.4. The van der Waals surface area contributed by atoms with Crippen molar-refractivity contribution in [2.45, 2.75) is 6.92 Å². The van der Waals surface area contributed by atoms with E-state index < -0.39 is 5.82 Å². The number of nitrogens with one attached hydrogen (secondary N) is 2. The van der Waals surface area contributed by atoms with Gasteiger partial charge in [0.1, 0.15) is 0 Å². The minimum Gasteiger partial charge on any atom is -0.494 e. The number of ether oxygens (including phenoxy) is 1. The first-order valence-electron chi connectivity index (χ1n) is 6.17. The van der Waals surface area contributed by atoms with Crippen molar-refractivity contribution in [1.82, 2.24) is 0 Å². The van der Waals surface area contributed by atoms with Crippen LogP contribution in [0.4, 0.5) is 15.8 Å². The molecule has 21 heavy (non-hydrogen) atoms. The lowest BCUT2D eigenvalue weighted by Gasteiger charge is -2.13. The fourth-order valence-corrected chi connectivity index (χ4v) is 2.57. The summed E-state index contributed by atoms with van der Waals surface area (Å²) in [7, 11) is 1.42. The van der Waals surface area contributed by atoms with Gasteiger partial charge >= 0.3 is 0 Å². The molecule has 0 aliphatic rings. The van der Waals surface area contributed by atoms with E-state index in [1.807, 2.05) is 25.1 Å². The third-order valence-electron chi connectivity index (χ3n) is 2.78. The number of aryl methyl sites for hydroxylation is 1. The van der Waals surface area contributed by atoms with Crippen LogP contribution in [-0.4, -0.2) is 12.2 Å². The molecule has 2 aromatic rings. The largest absolute Gasteiger partial charge is 0.494 e. The number of methoxy groups -OCH3 is 1. The Morgan fingerprint density at radius 1 is 1.19 bits per heavy atom. The van der Waals surface area contributed by atoms with Crippen molar-refractivity contribution in [2.75, 3.05) is 17.7 Å². The number of anilines is 2. The second kappa shape index (κ2) is 6.87. The fourth-order valence-electron chi connectivity index (χ4n) is 1.75. The van der Waals surface area contributed by atoms with Gasteiger partial charge in [0.05, 0.1) is 12.8 Å². The van der Waals surface area contributed by atoms with Gasteiger partial charge < -0.3 is 15.4 Å². The van der Waals surface area contributed by atoms with Crippen LogP contribution in [0.3, 0.4) is 0 Å². The Bertz CT molecular complexity index is 679. The highest BCUT2D eigenvalue weighted by molar-refractivity contribution is 9.10. The first kappa shape index (κ1) is 15.7. The molecule has 0 unspecified atom stereocenters. The van der Waals surface area contributed by atoms with Crippen LogP contribution in [0.2, 0.25) is 0 Å². The highest BCUT2D eigenvalue weighted by atomic mass is 79.9. The molecule has 0 aliphatic carbocycles. The first-order chi connectivity index (χ1) is 9.99. The molecule has 0 heterocycles. The molecule has 0 fully saturated rings. The summed E-state index contributed by atoms with van der Waals surface area (Å²) >= 11 is 8.68. The zero-order valence-corrected chi connectivity index (χ0v) is 13.9. The first-order valence-corrected chi connectivity index (χ1v) is 7.37. The summed E-state index contributed by atoms with van der Waals surface area (Å²) in [5, 5.41) is 6.36. The summed E-state index contributed by atoms with van der Waals surface area (Å²) in [5.74, 6) is -0.248. The van der Waals surface area contributed by atoms with Crippen molar-refractivity contribution in [3.63, 3.8) is 0 Å². The van der Waals surface area contributed by atoms with E-state index in [2.05, 4.69) is 26.6 Å². The average molecular weight is 369 g/mol. The summed E-state index contributed by atoms with van der Waals surface area (Å²) in [6.07, 6.45) is 0. The predicted octanol–water partition coefficient (Wildman–Crippen LogP) is 4.71. The van der Waals surface area contributed by atoms with E-state index in [9.17, 15) is 4.39 Å². The Morgan fingerprint density at radius 3 is 2.57 bits per heavy atom. The van der Waals surface area contributed by atoms with Crippen LogP contribution in [0.1, 0.15) is 5.56 Å². The summed E-state index contributed by atoms with van der Waals surface area (Å²) in [6, 6.07) is 10.4. The molecule has 3 nitrogen and oxygen atoms in total. The fraction of sp³-hybridized carbons (Fsp3) is 0.133. The lowest BCUT2D eigenvalue weighted by Crippen LogP contribution is -2.19. The minimum absolute atomic E-state index is 0.195. The molecule has 0 spiro atoms. The Morgan fingerprint density at radius 2 is 1.95 bits per heavy atom. The summed E-state index contributed by atoms with van der Waals surface area (Å²) in [5.41, 5.74) is 2.53.